The van der Waals surface area contributed by atoms with E-state index in [0.29, 0.717) is 0 Å². The predicted molar refractivity (Wildman–Crippen MR) is 31.7 cm³/mol. The van der Waals surface area contributed by atoms with Crippen molar-refractivity contribution in [2.24, 2.45) is 0 Å². The van der Waals surface area contributed by atoms with E-state index in [2.05, 4.69) is 4.74 Å². The fraction of sp³-hybridized carbons (Fsp3) is 0.429. The van der Waals surface area contributed by atoms with Crippen LogP contribution in [-0.2, 0) is 4.74 Å². The second-order valence-electron chi connectivity index (χ2n) is 2.72. The first-order valence-electron chi connectivity index (χ1n) is 3.02. The SMILES string of the molecule is CC12C=C(F)C=CC1(F)O2. The molecule has 2 rings (SSSR count). The van der Waals surface area contributed by atoms with Crippen LogP contribution in [0.5, 0.6) is 0 Å². The van der Waals surface area contributed by atoms with Crippen molar-refractivity contribution in [1.29, 1.82) is 0 Å². The number of alkyl halides is 1. The summed E-state index contributed by atoms with van der Waals surface area (Å²) in [5, 5.41) is 0. The quantitative estimate of drug-likeness (QED) is 0.473. The molecule has 1 heterocycles. The van der Waals surface area contributed by atoms with Crippen LogP contribution in [0.4, 0.5) is 8.78 Å². The maximum atomic E-state index is 13.0. The van der Waals surface area contributed by atoms with E-state index < -0.39 is 17.3 Å². The predicted octanol–water partition coefficient (Wildman–Crippen LogP) is 1.86. The van der Waals surface area contributed by atoms with E-state index in [1.807, 2.05) is 0 Å². The van der Waals surface area contributed by atoms with Crippen LogP contribution in [0.25, 0.3) is 0 Å². The summed E-state index contributed by atoms with van der Waals surface area (Å²) < 4.78 is 30.0. The Bertz CT molecular complexity index is 246. The van der Waals surface area contributed by atoms with E-state index in [0.717, 1.165) is 18.2 Å². The largest absolute Gasteiger partial charge is 0.323 e. The molecule has 2 aliphatic rings. The van der Waals surface area contributed by atoms with Crippen molar-refractivity contribution in [2.75, 3.05) is 0 Å². The molecule has 1 nitrogen and oxygen atoms in total. The molecule has 10 heavy (non-hydrogen) atoms. The Morgan fingerprint density at radius 2 is 2.30 bits per heavy atom. The van der Waals surface area contributed by atoms with Crippen molar-refractivity contribution in [2.45, 2.75) is 18.4 Å². The Morgan fingerprint density at radius 3 is 2.80 bits per heavy atom. The lowest BCUT2D eigenvalue weighted by molar-refractivity contribution is 0.191. The van der Waals surface area contributed by atoms with E-state index >= 15 is 0 Å². The summed E-state index contributed by atoms with van der Waals surface area (Å²) in [5.74, 6) is -2.17. The lowest BCUT2D eigenvalue weighted by atomic mass is 10.0. The molecule has 1 aliphatic heterocycles. The van der Waals surface area contributed by atoms with Crippen LogP contribution >= 0.6 is 0 Å². The number of allylic oxidation sites excluding steroid dienone is 2. The van der Waals surface area contributed by atoms with Gasteiger partial charge < -0.3 is 4.74 Å². The van der Waals surface area contributed by atoms with Gasteiger partial charge in [0.05, 0.1) is 0 Å². The standard InChI is InChI=1S/C7H6F2O/c1-6-4-5(8)2-3-7(6,9)10-6/h2-4H,1H3. The Hall–Kier alpha value is -0.700. The first-order chi connectivity index (χ1) is 4.56. The molecule has 1 saturated heterocycles. The summed E-state index contributed by atoms with van der Waals surface area (Å²) in [7, 11) is 0. The maximum Gasteiger partial charge on any atom is 0.262 e. The fourth-order valence-electron chi connectivity index (χ4n) is 1.11. The van der Waals surface area contributed by atoms with Crippen LogP contribution in [0.15, 0.2) is 24.1 Å². The zero-order valence-electron chi connectivity index (χ0n) is 5.40. The molecule has 0 aromatic carbocycles. The van der Waals surface area contributed by atoms with Crippen LogP contribution in [-0.4, -0.2) is 11.5 Å². The van der Waals surface area contributed by atoms with Gasteiger partial charge >= 0.3 is 0 Å². The zero-order chi connectivity index (χ0) is 7.41. The average Bonchev–Trinajstić information content (AvgIpc) is 2.33. The second-order valence-corrected chi connectivity index (χ2v) is 2.72. The van der Waals surface area contributed by atoms with E-state index in [-0.39, 0.29) is 0 Å². The molecule has 0 saturated carbocycles. The highest BCUT2D eigenvalue weighted by atomic mass is 19.2. The number of fused-ring (bicyclic) bond motifs is 1. The van der Waals surface area contributed by atoms with Gasteiger partial charge in [-0.3, -0.25) is 0 Å². The average molecular weight is 144 g/mol. The molecule has 0 aromatic heterocycles. The minimum atomic E-state index is -1.73. The molecular formula is C7H6F2O. The highest BCUT2D eigenvalue weighted by molar-refractivity contribution is 5.36. The molecule has 0 N–H and O–H groups in total. The van der Waals surface area contributed by atoms with E-state index in [4.69, 9.17) is 0 Å². The van der Waals surface area contributed by atoms with Gasteiger partial charge in [-0.1, -0.05) is 0 Å². The second kappa shape index (κ2) is 1.32. The van der Waals surface area contributed by atoms with Crippen molar-refractivity contribution in [3.8, 4) is 0 Å². The van der Waals surface area contributed by atoms with Crippen molar-refractivity contribution in [1.82, 2.24) is 0 Å². The first-order valence-corrected chi connectivity index (χ1v) is 3.02. The molecule has 1 aliphatic carbocycles. The first kappa shape index (κ1) is 6.04. The van der Waals surface area contributed by atoms with E-state index in [1.165, 1.54) is 6.92 Å². The van der Waals surface area contributed by atoms with Gasteiger partial charge in [-0.25, -0.2) is 8.78 Å². The summed E-state index contributed by atoms with van der Waals surface area (Å²) >= 11 is 0. The summed E-state index contributed by atoms with van der Waals surface area (Å²) in [6, 6.07) is 0. The molecule has 2 unspecified atom stereocenters. The maximum absolute atomic E-state index is 13.0. The van der Waals surface area contributed by atoms with Gasteiger partial charge in [-0.05, 0) is 25.2 Å². The third-order valence-electron chi connectivity index (χ3n) is 1.87. The monoisotopic (exact) mass is 144 g/mol. The molecule has 3 heteroatoms. The zero-order valence-corrected chi connectivity index (χ0v) is 5.40. The van der Waals surface area contributed by atoms with Gasteiger partial charge in [0.2, 0.25) is 0 Å². The highest BCUT2D eigenvalue weighted by Crippen LogP contribution is 2.53. The molecule has 0 radical (unpaired) electrons. The van der Waals surface area contributed by atoms with E-state index in [9.17, 15) is 8.78 Å². The molecule has 2 atom stereocenters. The van der Waals surface area contributed by atoms with Gasteiger partial charge in [0, 0.05) is 0 Å². The summed E-state index contributed by atoms with van der Waals surface area (Å²) in [5.41, 5.74) is -1.04. The third-order valence-corrected chi connectivity index (χ3v) is 1.87. The molecular weight excluding hydrogens is 138 g/mol. The van der Waals surface area contributed by atoms with Crippen molar-refractivity contribution < 1.29 is 13.5 Å². The van der Waals surface area contributed by atoms with Crippen molar-refractivity contribution >= 4 is 0 Å². The van der Waals surface area contributed by atoms with Crippen LogP contribution in [0.1, 0.15) is 6.92 Å². The van der Waals surface area contributed by atoms with Crippen LogP contribution in [0.2, 0.25) is 0 Å². The lowest BCUT2D eigenvalue weighted by Gasteiger charge is -2.03. The van der Waals surface area contributed by atoms with Crippen LogP contribution in [0, 0.1) is 0 Å². The molecule has 0 spiro atoms. The Morgan fingerprint density at radius 1 is 1.60 bits per heavy atom. The smallest absolute Gasteiger partial charge is 0.262 e. The topological polar surface area (TPSA) is 12.5 Å². The van der Waals surface area contributed by atoms with Gasteiger partial charge in [-0.2, -0.15) is 0 Å². The number of rotatable bonds is 0. The Labute approximate surface area is 57.0 Å². The van der Waals surface area contributed by atoms with Crippen LogP contribution < -0.4 is 0 Å². The summed E-state index contributed by atoms with van der Waals surface area (Å²) in [6.07, 6.45) is 3.32. The molecule has 0 aromatic rings. The van der Waals surface area contributed by atoms with Crippen molar-refractivity contribution in [3.63, 3.8) is 0 Å². The number of halogens is 2. The Kier molecular flexibility index (Phi) is 0.798. The van der Waals surface area contributed by atoms with Gasteiger partial charge in [-0.15, -0.1) is 0 Å². The highest BCUT2D eigenvalue weighted by Gasteiger charge is 2.67. The lowest BCUT2D eigenvalue weighted by Crippen LogP contribution is -2.15. The molecule has 0 amide bonds. The summed E-state index contributed by atoms with van der Waals surface area (Å²) in [6.45, 7) is 1.51. The van der Waals surface area contributed by atoms with Crippen molar-refractivity contribution in [3.05, 3.63) is 24.1 Å². The van der Waals surface area contributed by atoms with Crippen LogP contribution in [0.3, 0.4) is 0 Å². The van der Waals surface area contributed by atoms with Gasteiger partial charge in [0.15, 0.2) is 5.60 Å². The molecule has 1 fully saturated rings. The molecule has 0 bridgehead atoms. The minimum Gasteiger partial charge on any atom is -0.323 e. The molecule has 54 valence electrons. The third kappa shape index (κ3) is 0.534. The number of hydrogen-bond acceptors (Lipinski definition) is 1. The number of epoxide rings is 1. The normalized spacial score (nSPS) is 50.1. The minimum absolute atomic E-state index is 0.437. The van der Waals surface area contributed by atoms with E-state index in [1.54, 1.807) is 0 Å². The van der Waals surface area contributed by atoms with Gasteiger partial charge in [0.1, 0.15) is 5.83 Å². The van der Waals surface area contributed by atoms with Gasteiger partial charge in [0.25, 0.3) is 5.85 Å². The summed E-state index contributed by atoms with van der Waals surface area (Å²) in [4.78, 5) is 0. The number of ether oxygens (including phenoxy) is 1. The Balaban J connectivity index is 2.40. The number of hydrogen-bond donors (Lipinski definition) is 0. The fourth-order valence-corrected chi connectivity index (χ4v) is 1.11.